The number of β-amino-alcohol motifs (C(OH)–C–C–N with tert-alkyl or cyclic N) is 1. The molecule has 4 heteroatoms. The van der Waals surface area contributed by atoms with E-state index in [1.165, 1.54) is 0 Å². The maximum Gasteiger partial charge on any atom is 0.115 e. The van der Waals surface area contributed by atoms with Crippen LogP contribution in [0.3, 0.4) is 0 Å². The molecule has 4 atom stereocenters. The van der Waals surface area contributed by atoms with Crippen molar-refractivity contribution < 1.29 is 14.6 Å². The van der Waals surface area contributed by atoms with Gasteiger partial charge in [0, 0.05) is 26.1 Å². The van der Waals surface area contributed by atoms with Crippen molar-refractivity contribution in [2.75, 3.05) is 19.6 Å². The van der Waals surface area contributed by atoms with Crippen LogP contribution in [-0.2, 0) is 6.42 Å². The molecule has 4 rings (SSSR count). The zero-order valence-corrected chi connectivity index (χ0v) is 14.9. The van der Waals surface area contributed by atoms with Crippen LogP contribution >= 0.6 is 0 Å². The number of hydrogen-bond acceptors (Lipinski definition) is 3. The predicted molar refractivity (Wildman–Crippen MR) is 99.7 cm³/mol. The van der Waals surface area contributed by atoms with Gasteiger partial charge in [-0.1, -0.05) is 42.5 Å². The van der Waals surface area contributed by atoms with Crippen molar-refractivity contribution in [2.24, 2.45) is 11.8 Å². The van der Waals surface area contributed by atoms with Crippen LogP contribution < -0.4 is 0 Å². The smallest absolute Gasteiger partial charge is 0.115 e. The van der Waals surface area contributed by atoms with Crippen molar-refractivity contribution >= 4 is 0 Å². The third-order valence-corrected chi connectivity index (χ3v) is 5.98. The number of phenols is 1. The van der Waals surface area contributed by atoms with E-state index < -0.39 is 11.8 Å². The SMILES string of the molecule is Oc1ccc([C@@H](O)CN2C[C@@H]3CC(F)(Cc4ccccc4)C[C@@H]3C2)cc1. The Hall–Kier alpha value is -1.91. The first kappa shape index (κ1) is 17.5. The first-order valence-electron chi connectivity index (χ1n) is 9.43. The van der Waals surface area contributed by atoms with E-state index in [-0.39, 0.29) is 5.75 Å². The fourth-order valence-corrected chi connectivity index (χ4v) is 4.82. The summed E-state index contributed by atoms with van der Waals surface area (Å²) in [5.74, 6) is 0.973. The molecule has 1 aliphatic heterocycles. The van der Waals surface area contributed by atoms with Crippen molar-refractivity contribution in [3.63, 3.8) is 0 Å². The summed E-state index contributed by atoms with van der Waals surface area (Å²) < 4.78 is 15.3. The molecule has 1 saturated heterocycles. The lowest BCUT2D eigenvalue weighted by molar-refractivity contribution is 0.108. The van der Waals surface area contributed by atoms with Gasteiger partial charge in [-0.05, 0) is 47.9 Å². The number of aliphatic hydroxyl groups excluding tert-OH is 1. The quantitative estimate of drug-likeness (QED) is 0.859. The third kappa shape index (κ3) is 3.76. The minimum Gasteiger partial charge on any atom is -0.508 e. The molecule has 0 bridgehead atoms. The Kier molecular flexibility index (Phi) is 4.72. The van der Waals surface area contributed by atoms with Crippen LogP contribution in [0, 0.1) is 11.8 Å². The van der Waals surface area contributed by atoms with E-state index in [2.05, 4.69) is 4.90 Å². The van der Waals surface area contributed by atoms with Gasteiger partial charge in [0.25, 0.3) is 0 Å². The van der Waals surface area contributed by atoms with Gasteiger partial charge in [0.1, 0.15) is 11.4 Å². The molecule has 2 aromatic carbocycles. The van der Waals surface area contributed by atoms with Crippen molar-refractivity contribution in [3.05, 3.63) is 65.7 Å². The Labute approximate surface area is 154 Å². The molecular formula is C22H26FNO2. The summed E-state index contributed by atoms with van der Waals surface area (Å²) in [5, 5.41) is 19.8. The highest BCUT2D eigenvalue weighted by molar-refractivity contribution is 5.27. The molecule has 0 radical (unpaired) electrons. The largest absolute Gasteiger partial charge is 0.508 e. The maximum absolute atomic E-state index is 15.3. The molecule has 1 aliphatic carbocycles. The van der Waals surface area contributed by atoms with E-state index in [0.717, 1.165) is 24.2 Å². The average molecular weight is 355 g/mol. The molecule has 1 heterocycles. The van der Waals surface area contributed by atoms with Gasteiger partial charge in [0.2, 0.25) is 0 Å². The van der Waals surface area contributed by atoms with Crippen LogP contribution in [0.2, 0.25) is 0 Å². The summed E-state index contributed by atoms with van der Waals surface area (Å²) in [6.07, 6.45) is 1.18. The highest BCUT2D eigenvalue weighted by Gasteiger charge is 2.49. The third-order valence-electron chi connectivity index (χ3n) is 5.98. The Morgan fingerprint density at radius 1 is 1.00 bits per heavy atom. The highest BCUT2D eigenvalue weighted by Crippen LogP contribution is 2.47. The standard InChI is InChI=1S/C22H26FNO2/c23-22(10-16-4-2-1-3-5-16)11-18-13-24(14-19(18)12-22)15-21(26)17-6-8-20(25)9-7-17/h1-9,18-19,21,25-26H,10-15H2/t18-,19+,21-,22?/m0/s1. The van der Waals surface area contributed by atoms with Gasteiger partial charge in [0.15, 0.2) is 0 Å². The maximum atomic E-state index is 15.3. The number of rotatable bonds is 5. The number of halogens is 1. The number of benzene rings is 2. The second-order valence-electron chi connectivity index (χ2n) is 8.07. The predicted octanol–water partition coefficient (Wildman–Crippen LogP) is 3.72. The Balaban J connectivity index is 1.32. The highest BCUT2D eigenvalue weighted by atomic mass is 19.1. The summed E-state index contributed by atoms with van der Waals surface area (Å²) in [6, 6.07) is 16.6. The molecule has 2 N–H and O–H groups in total. The summed E-state index contributed by atoms with van der Waals surface area (Å²) in [6.45, 7) is 2.29. The number of fused-ring (bicyclic) bond motifs is 1. The lowest BCUT2D eigenvalue weighted by Gasteiger charge is -2.25. The molecule has 1 saturated carbocycles. The Bertz CT molecular complexity index is 720. The fraction of sp³-hybridized carbons (Fsp3) is 0.455. The lowest BCUT2D eigenvalue weighted by atomic mass is 9.93. The Morgan fingerprint density at radius 3 is 2.23 bits per heavy atom. The fourth-order valence-electron chi connectivity index (χ4n) is 4.82. The second kappa shape index (κ2) is 7.01. The molecule has 1 unspecified atom stereocenters. The van der Waals surface area contributed by atoms with Crippen LogP contribution in [0.4, 0.5) is 4.39 Å². The van der Waals surface area contributed by atoms with Crippen LogP contribution in [0.15, 0.2) is 54.6 Å². The number of aromatic hydroxyl groups is 1. The molecule has 2 fully saturated rings. The zero-order chi connectivity index (χ0) is 18.1. The number of alkyl halides is 1. The van der Waals surface area contributed by atoms with E-state index in [0.29, 0.717) is 37.6 Å². The molecule has 138 valence electrons. The molecule has 0 amide bonds. The molecule has 2 aromatic rings. The van der Waals surface area contributed by atoms with Crippen LogP contribution in [0.5, 0.6) is 5.75 Å². The molecular weight excluding hydrogens is 329 g/mol. The summed E-state index contributed by atoms with van der Waals surface area (Å²) in [4.78, 5) is 2.26. The van der Waals surface area contributed by atoms with Gasteiger partial charge in [-0.3, -0.25) is 4.90 Å². The van der Waals surface area contributed by atoms with Gasteiger partial charge in [0.05, 0.1) is 6.10 Å². The normalized spacial score (nSPS) is 29.6. The monoisotopic (exact) mass is 355 g/mol. The first-order chi connectivity index (χ1) is 12.5. The van der Waals surface area contributed by atoms with Crippen molar-refractivity contribution in [2.45, 2.75) is 31.0 Å². The topological polar surface area (TPSA) is 43.7 Å². The minimum atomic E-state index is -1.08. The van der Waals surface area contributed by atoms with Crippen molar-refractivity contribution in [1.29, 1.82) is 0 Å². The zero-order valence-electron chi connectivity index (χ0n) is 14.9. The van der Waals surface area contributed by atoms with E-state index in [4.69, 9.17) is 0 Å². The molecule has 2 aliphatic rings. The van der Waals surface area contributed by atoms with Gasteiger partial charge in [-0.15, -0.1) is 0 Å². The molecule has 26 heavy (non-hydrogen) atoms. The molecule has 0 spiro atoms. The minimum absolute atomic E-state index is 0.203. The van der Waals surface area contributed by atoms with Gasteiger partial charge in [-0.2, -0.15) is 0 Å². The number of likely N-dealkylation sites (tertiary alicyclic amines) is 1. The van der Waals surface area contributed by atoms with Crippen LogP contribution in [0.25, 0.3) is 0 Å². The van der Waals surface area contributed by atoms with Crippen molar-refractivity contribution in [3.8, 4) is 5.75 Å². The first-order valence-corrected chi connectivity index (χ1v) is 9.43. The van der Waals surface area contributed by atoms with Gasteiger partial charge >= 0.3 is 0 Å². The molecule has 3 nitrogen and oxygen atoms in total. The van der Waals surface area contributed by atoms with E-state index >= 15 is 4.39 Å². The van der Waals surface area contributed by atoms with Crippen LogP contribution in [0.1, 0.15) is 30.1 Å². The number of aliphatic hydroxyl groups is 1. The van der Waals surface area contributed by atoms with Crippen molar-refractivity contribution in [1.82, 2.24) is 4.90 Å². The Morgan fingerprint density at radius 2 is 1.62 bits per heavy atom. The number of nitrogens with zero attached hydrogens (tertiary/aromatic N) is 1. The summed E-state index contributed by atoms with van der Waals surface area (Å²) in [7, 11) is 0. The van der Waals surface area contributed by atoms with Gasteiger partial charge in [-0.25, -0.2) is 4.39 Å². The van der Waals surface area contributed by atoms with E-state index in [1.54, 1.807) is 24.3 Å². The second-order valence-corrected chi connectivity index (χ2v) is 8.07. The van der Waals surface area contributed by atoms with E-state index in [9.17, 15) is 10.2 Å². The molecule has 0 aromatic heterocycles. The lowest BCUT2D eigenvalue weighted by Crippen LogP contribution is -2.31. The van der Waals surface area contributed by atoms with Gasteiger partial charge < -0.3 is 10.2 Å². The van der Waals surface area contributed by atoms with E-state index in [1.807, 2.05) is 30.3 Å². The van der Waals surface area contributed by atoms with Crippen LogP contribution in [-0.4, -0.2) is 40.4 Å². The summed E-state index contributed by atoms with van der Waals surface area (Å²) in [5.41, 5.74) is 0.802. The summed E-state index contributed by atoms with van der Waals surface area (Å²) >= 11 is 0. The number of phenolic OH excluding ortho intramolecular Hbond substituents is 1. The average Bonchev–Trinajstić information content (AvgIpc) is 3.10. The number of hydrogen-bond donors (Lipinski definition) is 2.